The van der Waals surface area contributed by atoms with Crippen molar-refractivity contribution in [2.45, 2.75) is 69.4 Å². The Labute approximate surface area is 234 Å². The summed E-state index contributed by atoms with van der Waals surface area (Å²) in [6.07, 6.45) is 8.93. The van der Waals surface area contributed by atoms with E-state index in [1.807, 2.05) is 24.3 Å². The zero-order valence-electron chi connectivity index (χ0n) is 20.7. The van der Waals surface area contributed by atoms with Gasteiger partial charge in [-0.05, 0) is 87.6 Å². The summed E-state index contributed by atoms with van der Waals surface area (Å²) in [6, 6.07) is 11.7. The van der Waals surface area contributed by atoms with Crippen LogP contribution in [0.5, 0.6) is 0 Å². The number of carbonyl (C=O) groups is 1. The van der Waals surface area contributed by atoms with Crippen LogP contribution >= 0.6 is 34.5 Å². The quantitative estimate of drug-likeness (QED) is 0.242. The van der Waals surface area contributed by atoms with E-state index >= 15 is 0 Å². The van der Waals surface area contributed by atoms with Gasteiger partial charge >= 0.3 is 5.97 Å². The molecule has 0 radical (unpaired) electrons. The summed E-state index contributed by atoms with van der Waals surface area (Å²) < 4.78 is 6.82. The fourth-order valence-electron chi connectivity index (χ4n) is 6.49. The standard InChI is InChI=1S/C29H27Cl2N3O3S/c30-21-2-1-3-22(31)25(21)26-20(27(37-33-26)16-5-6-16)10-4-15-12-18-8-9-19(13-15)34(18)29-32-23-11-7-17(28(35)36)14-24(23)38-29/h1-3,7,11,14-16,18-19H,4-6,8-10,12-13H2,(H,35,36). The molecule has 7 rings (SSSR count). The van der Waals surface area contributed by atoms with Gasteiger partial charge in [-0.15, -0.1) is 0 Å². The molecule has 2 bridgehead atoms. The summed E-state index contributed by atoms with van der Waals surface area (Å²) >= 11 is 14.7. The van der Waals surface area contributed by atoms with Gasteiger partial charge in [-0.3, -0.25) is 0 Å². The molecule has 1 saturated carbocycles. The van der Waals surface area contributed by atoms with Gasteiger partial charge in [-0.1, -0.05) is 45.8 Å². The van der Waals surface area contributed by atoms with Crippen molar-refractivity contribution in [3.8, 4) is 11.3 Å². The minimum absolute atomic E-state index is 0.311. The molecule has 2 atom stereocenters. The molecular formula is C29H27Cl2N3O3S. The number of aromatic nitrogens is 2. The van der Waals surface area contributed by atoms with Crippen LogP contribution in [0.1, 0.15) is 72.5 Å². The van der Waals surface area contributed by atoms with Crippen molar-refractivity contribution in [3.05, 3.63) is 63.3 Å². The fourth-order valence-corrected chi connectivity index (χ4v) is 8.22. The zero-order chi connectivity index (χ0) is 26.0. The van der Waals surface area contributed by atoms with E-state index in [-0.39, 0.29) is 0 Å². The third-order valence-corrected chi connectivity index (χ3v) is 10.1. The maximum atomic E-state index is 11.4. The molecule has 2 aromatic carbocycles. The maximum absolute atomic E-state index is 11.4. The van der Waals surface area contributed by atoms with E-state index in [0.717, 1.165) is 70.9 Å². The Morgan fingerprint density at radius 1 is 1.08 bits per heavy atom. The second-order valence-corrected chi connectivity index (χ2v) is 12.7. The minimum atomic E-state index is -0.902. The number of piperidine rings is 1. The number of aromatic carboxylic acids is 1. The first-order valence-corrected chi connectivity index (χ1v) is 14.9. The molecule has 1 aliphatic carbocycles. The predicted molar refractivity (Wildman–Crippen MR) is 151 cm³/mol. The summed E-state index contributed by atoms with van der Waals surface area (Å²) in [5.74, 6) is 1.20. The van der Waals surface area contributed by atoms with Crippen molar-refractivity contribution in [2.75, 3.05) is 4.90 Å². The third-order valence-electron chi connectivity index (χ3n) is 8.44. The number of rotatable bonds is 7. The number of nitrogens with zero attached hydrogens (tertiary/aromatic N) is 3. The predicted octanol–water partition coefficient (Wildman–Crippen LogP) is 8.21. The molecule has 2 aliphatic heterocycles. The Kier molecular flexibility index (Phi) is 6.13. The van der Waals surface area contributed by atoms with Crippen LogP contribution in [0.2, 0.25) is 10.0 Å². The molecule has 4 heterocycles. The largest absolute Gasteiger partial charge is 0.478 e. The Hall–Kier alpha value is -2.61. The van der Waals surface area contributed by atoms with Crippen LogP contribution in [-0.4, -0.2) is 33.3 Å². The van der Waals surface area contributed by atoms with Crippen LogP contribution in [0.15, 0.2) is 40.9 Å². The van der Waals surface area contributed by atoms with E-state index in [2.05, 4.69) is 10.1 Å². The number of hydrogen-bond donors (Lipinski definition) is 1. The summed E-state index contributed by atoms with van der Waals surface area (Å²) in [6.45, 7) is 0. The van der Waals surface area contributed by atoms with Gasteiger partial charge in [-0.2, -0.15) is 0 Å². The van der Waals surface area contributed by atoms with Crippen molar-refractivity contribution in [1.29, 1.82) is 0 Å². The highest BCUT2D eigenvalue weighted by Gasteiger charge is 2.42. The number of carboxylic acids is 1. The average molecular weight is 569 g/mol. The Balaban J connectivity index is 1.10. The average Bonchev–Trinajstić information content (AvgIpc) is 3.42. The lowest BCUT2D eigenvalue weighted by atomic mass is 9.85. The molecule has 196 valence electrons. The van der Waals surface area contributed by atoms with Crippen molar-refractivity contribution < 1.29 is 14.4 Å². The molecule has 3 aliphatic rings. The second-order valence-electron chi connectivity index (χ2n) is 10.9. The van der Waals surface area contributed by atoms with Gasteiger partial charge in [0.15, 0.2) is 5.13 Å². The normalized spacial score (nSPS) is 22.9. The molecular weight excluding hydrogens is 541 g/mol. The van der Waals surface area contributed by atoms with Gasteiger partial charge in [0, 0.05) is 29.1 Å². The van der Waals surface area contributed by atoms with Crippen LogP contribution in [0.4, 0.5) is 5.13 Å². The molecule has 1 N–H and O–H groups in total. The summed E-state index contributed by atoms with van der Waals surface area (Å²) in [5, 5.41) is 16.1. The van der Waals surface area contributed by atoms with E-state index in [1.54, 1.807) is 23.5 Å². The topological polar surface area (TPSA) is 79.5 Å². The number of thiazole rings is 1. The second kappa shape index (κ2) is 9.54. The minimum Gasteiger partial charge on any atom is -0.478 e. The molecule has 0 amide bonds. The molecule has 2 saturated heterocycles. The summed E-state index contributed by atoms with van der Waals surface area (Å²) in [7, 11) is 0. The van der Waals surface area contributed by atoms with Crippen LogP contribution in [0.3, 0.4) is 0 Å². The summed E-state index contributed by atoms with van der Waals surface area (Å²) in [5.41, 5.74) is 3.95. The van der Waals surface area contributed by atoms with Crippen molar-refractivity contribution in [1.82, 2.24) is 10.1 Å². The molecule has 9 heteroatoms. The smallest absolute Gasteiger partial charge is 0.335 e. The number of fused-ring (bicyclic) bond motifs is 3. The molecule has 3 fully saturated rings. The maximum Gasteiger partial charge on any atom is 0.335 e. The number of carboxylic acid groups (broad SMARTS) is 1. The molecule has 2 aromatic heterocycles. The number of benzene rings is 2. The van der Waals surface area contributed by atoms with Crippen LogP contribution < -0.4 is 4.90 Å². The van der Waals surface area contributed by atoms with E-state index in [1.165, 1.54) is 18.4 Å². The summed E-state index contributed by atoms with van der Waals surface area (Å²) in [4.78, 5) is 18.8. The first kappa shape index (κ1) is 24.4. The van der Waals surface area contributed by atoms with Gasteiger partial charge < -0.3 is 14.5 Å². The van der Waals surface area contributed by atoms with Crippen LogP contribution in [-0.2, 0) is 6.42 Å². The Morgan fingerprint density at radius 2 is 1.82 bits per heavy atom. The zero-order valence-corrected chi connectivity index (χ0v) is 23.0. The highest BCUT2D eigenvalue weighted by molar-refractivity contribution is 7.22. The van der Waals surface area contributed by atoms with Crippen molar-refractivity contribution in [2.24, 2.45) is 5.92 Å². The lowest BCUT2D eigenvalue weighted by Gasteiger charge is -2.39. The van der Waals surface area contributed by atoms with E-state index in [9.17, 15) is 9.90 Å². The molecule has 2 unspecified atom stereocenters. The van der Waals surface area contributed by atoms with Gasteiger partial charge in [0.05, 0.1) is 25.8 Å². The van der Waals surface area contributed by atoms with E-state index < -0.39 is 5.97 Å². The lowest BCUT2D eigenvalue weighted by molar-refractivity contribution is 0.0697. The van der Waals surface area contributed by atoms with Crippen molar-refractivity contribution in [3.63, 3.8) is 0 Å². The third kappa shape index (κ3) is 4.29. The highest BCUT2D eigenvalue weighted by Crippen LogP contribution is 2.48. The highest BCUT2D eigenvalue weighted by atomic mass is 35.5. The number of anilines is 1. The van der Waals surface area contributed by atoms with E-state index in [4.69, 9.17) is 32.7 Å². The first-order valence-electron chi connectivity index (χ1n) is 13.3. The van der Waals surface area contributed by atoms with Gasteiger partial charge in [0.25, 0.3) is 0 Å². The Morgan fingerprint density at radius 3 is 2.50 bits per heavy atom. The molecule has 6 nitrogen and oxygen atoms in total. The molecule has 4 aromatic rings. The SMILES string of the molecule is O=C(O)c1ccc2nc(N3C4CCC3CC(CCc3c(-c5c(Cl)cccc5Cl)noc3C3CC3)C4)sc2c1. The number of hydrogen-bond acceptors (Lipinski definition) is 6. The van der Waals surface area contributed by atoms with Gasteiger partial charge in [0.1, 0.15) is 11.5 Å². The van der Waals surface area contributed by atoms with E-state index in [0.29, 0.717) is 39.5 Å². The van der Waals surface area contributed by atoms with Gasteiger partial charge in [-0.25, -0.2) is 9.78 Å². The van der Waals surface area contributed by atoms with Crippen LogP contribution in [0, 0.1) is 5.92 Å². The lowest BCUT2D eigenvalue weighted by Crippen LogP contribution is -2.43. The van der Waals surface area contributed by atoms with Crippen molar-refractivity contribution >= 4 is 55.9 Å². The molecule has 38 heavy (non-hydrogen) atoms. The van der Waals surface area contributed by atoms with Crippen LogP contribution in [0.25, 0.3) is 21.5 Å². The number of halogens is 2. The fraction of sp³-hybridized carbons (Fsp3) is 0.414. The monoisotopic (exact) mass is 567 g/mol. The van der Waals surface area contributed by atoms with Gasteiger partial charge in [0.2, 0.25) is 0 Å². The Bertz CT molecular complexity index is 1510. The first-order chi connectivity index (χ1) is 18.5. The molecule has 0 spiro atoms.